The van der Waals surface area contributed by atoms with Crippen molar-refractivity contribution in [3.05, 3.63) is 35.4 Å². The Hall–Kier alpha value is -1.35. The van der Waals surface area contributed by atoms with Crippen LogP contribution in [0.25, 0.3) is 0 Å². The topological polar surface area (TPSA) is 40.5 Å². The number of carbonyl (C=O) groups is 1. The van der Waals surface area contributed by atoms with Gasteiger partial charge in [0.05, 0.1) is 6.42 Å². The minimum atomic E-state index is -0.704. The van der Waals surface area contributed by atoms with Crippen molar-refractivity contribution in [2.24, 2.45) is 0 Å². The van der Waals surface area contributed by atoms with Gasteiger partial charge in [-0.25, -0.2) is 0 Å². The largest absolute Gasteiger partial charge is 0.481 e. The van der Waals surface area contributed by atoms with Gasteiger partial charge in [0.1, 0.15) is 0 Å². The standard InChI is InChI=1S/C14H19NO2/c1-11-4-2-3-5-13(11)12-6-8-15(10-12)9-7-14(16)17/h2-5,12H,6-10H2,1H3,(H,16,17). The molecule has 1 heterocycles. The molecule has 17 heavy (non-hydrogen) atoms. The molecule has 0 aliphatic carbocycles. The third-order valence-electron chi connectivity index (χ3n) is 3.54. The number of carboxylic acid groups (broad SMARTS) is 1. The summed E-state index contributed by atoms with van der Waals surface area (Å²) in [4.78, 5) is 12.8. The minimum absolute atomic E-state index is 0.250. The zero-order chi connectivity index (χ0) is 12.3. The number of hydrogen-bond acceptors (Lipinski definition) is 2. The lowest BCUT2D eigenvalue weighted by molar-refractivity contribution is -0.137. The molecule has 0 amide bonds. The highest BCUT2D eigenvalue weighted by molar-refractivity contribution is 5.66. The van der Waals surface area contributed by atoms with Gasteiger partial charge >= 0.3 is 5.97 Å². The Morgan fingerprint density at radius 1 is 1.47 bits per heavy atom. The summed E-state index contributed by atoms with van der Waals surface area (Å²) in [7, 11) is 0. The Morgan fingerprint density at radius 2 is 2.24 bits per heavy atom. The lowest BCUT2D eigenvalue weighted by atomic mass is 9.94. The van der Waals surface area contributed by atoms with E-state index < -0.39 is 5.97 Å². The molecule has 1 aromatic rings. The van der Waals surface area contributed by atoms with Crippen LogP contribution < -0.4 is 0 Å². The summed E-state index contributed by atoms with van der Waals surface area (Å²) in [6.07, 6.45) is 1.39. The van der Waals surface area contributed by atoms with E-state index in [1.54, 1.807) is 0 Å². The maximum absolute atomic E-state index is 10.5. The van der Waals surface area contributed by atoms with Gasteiger partial charge in [0.25, 0.3) is 0 Å². The summed E-state index contributed by atoms with van der Waals surface area (Å²) in [5.74, 6) is -0.130. The van der Waals surface area contributed by atoms with Crippen LogP contribution >= 0.6 is 0 Å². The average Bonchev–Trinajstić information content (AvgIpc) is 2.75. The van der Waals surface area contributed by atoms with Crippen LogP contribution in [-0.4, -0.2) is 35.6 Å². The predicted molar refractivity (Wildman–Crippen MR) is 67.2 cm³/mol. The molecule has 0 spiro atoms. The summed E-state index contributed by atoms with van der Waals surface area (Å²) in [5.41, 5.74) is 2.77. The Balaban J connectivity index is 1.94. The second-order valence-corrected chi connectivity index (χ2v) is 4.79. The summed E-state index contributed by atoms with van der Waals surface area (Å²) in [6.45, 7) is 4.84. The normalized spacial score (nSPS) is 20.6. The monoisotopic (exact) mass is 233 g/mol. The maximum Gasteiger partial charge on any atom is 0.304 e. The molecule has 1 fully saturated rings. The molecule has 3 nitrogen and oxygen atoms in total. The van der Waals surface area contributed by atoms with Crippen LogP contribution in [0, 0.1) is 6.92 Å². The molecule has 0 radical (unpaired) electrons. The maximum atomic E-state index is 10.5. The zero-order valence-electron chi connectivity index (χ0n) is 10.2. The van der Waals surface area contributed by atoms with Crippen LogP contribution in [-0.2, 0) is 4.79 Å². The van der Waals surface area contributed by atoms with Crippen LogP contribution in [0.1, 0.15) is 29.9 Å². The van der Waals surface area contributed by atoms with E-state index in [0.29, 0.717) is 12.5 Å². The van der Waals surface area contributed by atoms with E-state index >= 15 is 0 Å². The van der Waals surface area contributed by atoms with Crippen LogP contribution in [0.15, 0.2) is 24.3 Å². The summed E-state index contributed by atoms with van der Waals surface area (Å²) in [5, 5.41) is 8.67. The van der Waals surface area contributed by atoms with Gasteiger partial charge in [-0.15, -0.1) is 0 Å². The van der Waals surface area contributed by atoms with Gasteiger partial charge in [-0.1, -0.05) is 24.3 Å². The lowest BCUT2D eigenvalue weighted by Gasteiger charge is -2.16. The van der Waals surface area contributed by atoms with Gasteiger partial charge < -0.3 is 10.0 Å². The molecular formula is C14H19NO2. The van der Waals surface area contributed by atoms with Crippen molar-refractivity contribution >= 4 is 5.97 Å². The Morgan fingerprint density at radius 3 is 2.94 bits per heavy atom. The van der Waals surface area contributed by atoms with Gasteiger partial charge in [0.15, 0.2) is 0 Å². The van der Waals surface area contributed by atoms with Crippen molar-refractivity contribution in [2.45, 2.75) is 25.7 Å². The second kappa shape index (κ2) is 5.32. The first kappa shape index (κ1) is 12.1. The average molecular weight is 233 g/mol. The van der Waals surface area contributed by atoms with Gasteiger partial charge in [0.2, 0.25) is 0 Å². The smallest absolute Gasteiger partial charge is 0.304 e. The molecule has 2 rings (SSSR count). The van der Waals surface area contributed by atoms with Crippen LogP contribution in [0.3, 0.4) is 0 Å². The number of nitrogens with zero attached hydrogens (tertiary/aromatic N) is 1. The number of hydrogen-bond donors (Lipinski definition) is 1. The highest BCUT2D eigenvalue weighted by atomic mass is 16.4. The molecule has 0 bridgehead atoms. The van der Waals surface area contributed by atoms with E-state index in [1.807, 2.05) is 0 Å². The molecule has 1 aliphatic heterocycles. The van der Waals surface area contributed by atoms with Crippen LogP contribution in [0.2, 0.25) is 0 Å². The van der Waals surface area contributed by atoms with Crippen molar-refractivity contribution in [1.29, 1.82) is 0 Å². The van der Waals surface area contributed by atoms with Crippen molar-refractivity contribution in [2.75, 3.05) is 19.6 Å². The predicted octanol–water partition coefficient (Wildman–Crippen LogP) is 2.26. The Kier molecular flexibility index (Phi) is 3.79. The van der Waals surface area contributed by atoms with E-state index in [9.17, 15) is 4.79 Å². The molecule has 0 aromatic heterocycles. The second-order valence-electron chi connectivity index (χ2n) is 4.79. The molecular weight excluding hydrogens is 214 g/mol. The SMILES string of the molecule is Cc1ccccc1C1CCN(CCC(=O)O)C1. The molecule has 1 aromatic carbocycles. The first-order chi connectivity index (χ1) is 8.16. The fourth-order valence-electron chi connectivity index (χ4n) is 2.59. The zero-order valence-corrected chi connectivity index (χ0v) is 10.2. The molecule has 1 N–H and O–H groups in total. The van der Waals surface area contributed by atoms with Crippen molar-refractivity contribution in [1.82, 2.24) is 4.90 Å². The van der Waals surface area contributed by atoms with Gasteiger partial charge in [-0.3, -0.25) is 4.79 Å². The highest BCUT2D eigenvalue weighted by Gasteiger charge is 2.24. The van der Waals surface area contributed by atoms with E-state index in [4.69, 9.17) is 5.11 Å². The van der Waals surface area contributed by atoms with E-state index in [0.717, 1.165) is 19.5 Å². The fraction of sp³-hybridized carbons (Fsp3) is 0.500. The molecule has 1 saturated heterocycles. The summed E-state index contributed by atoms with van der Waals surface area (Å²) in [6, 6.07) is 8.49. The number of rotatable bonds is 4. The number of aryl methyl sites for hydroxylation is 1. The van der Waals surface area contributed by atoms with E-state index in [1.165, 1.54) is 11.1 Å². The first-order valence-corrected chi connectivity index (χ1v) is 6.16. The molecule has 3 heteroatoms. The van der Waals surface area contributed by atoms with Gasteiger partial charge in [0, 0.05) is 13.1 Å². The number of carboxylic acids is 1. The quantitative estimate of drug-likeness (QED) is 0.867. The van der Waals surface area contributed by atoms with E-state index in [-0.39, 0.29) is 6.42 Å². The summed E-state index contributed by atoms with van der Waals surface area (Å²) >= 11 is 0. The number of aliphatic carboxylic acids is 1. The summed E-state index contributed by atoms with van der Waals surface area (Å²) < 4.78 is 0. The van der Waals surface area contributed by atoms with E-state index in [2.05, 4.69) is 36.1 Å². The number of benzene rings is 1. The third-order valence-corrected chi connectivity index (χ3v) is 3.54. The third kappa shape index (κ3) is 3.07. The van der Waals surface area contributed by atoms with Crippen LogP contribution in [0.4, 0.5) is 0 Å². The first-order valence-electron chi connectivity index (χ1n) is 6.16. The highest BCUT2D eigenvalue weighted by Crippen LogP contribution is 2.29. The minimum Gasteiger partial charge on any atom is -0.481 e. The Labute approximate surface area is 102 Å². The molecule has 92 valence electrons. The van der Waals surface area contributed by atoms with Crippen molar-refractivity contribution < 1.29 is 9.90 Å². The molecule has 1 aliphatic rings. The molecule has 1 unspecified atom stereocenters. The van der Waals surface area contributed by atoms with Crippen molar-refractivity contribution in [3.8, 4) is 0 Å². The number of likely N-dealkylation sites (tertiary alicyclic amines) is 1. The lowest BCUT2D eigenvalue weighted by Crippen LogP contribution is -2.23. The Bertz CT molecular complexity index is 403. The molecule has 0 saturated carbocycles. The van der Waals surface area contributed by atoms with Crippen LogP contribution in [0.5, 0.6) is 0 Å². The van der Waals surface area contributed by atoms with Gasteiger partial charge in [-0.2, -0.15) is 0 Å². The molecule has 1 atom stereocenters. The van der Waals surface area contributed by atoms with Crippen molar-refractivity contribution in [3.63, 3.8) is 0 Å². The van der Waals surface area contributed by atoms with Gasteiger partial charge in [-0.05, 0) is 36.9 Å². The fourth-order valence-corrected chi connectivity index (χ4v) is 2.59.